The summed E-state index contributed by atoms with van der Waals surface area (Å²) in [6.07, 6.45) is 6.46. The van der Waals surface area contributed by atoms with Gasteiger partial charge in [0, 0.05) is 13.1 Å². The summed E-state index contributed by atoms with van der Waals surface area (Å²) in [6, 6.07) is -1.52. The molecule has 3 saturated heterocycles. The van der Waals surface area contributed by atoms with Crippen molar-refractivity contribution in [3.8, 4) is 0 Å². The van der Waals surface area contributed by atoms with E-state index in [-0.39, 0.29) is 24.3 Å². The van der Waals surface area contributed by atoms with Crippen molar-refractivity contribution in [2.24, 2.45) is 17.8 Å². The molecule has 8 nitrogen and oxygen atoms in total. The number of hydrogen-bond donors (Lipinski definition) is 2. The minimum atomic E-state index is -1.18. The number of carbonyl (C=O) groups excluding carboxylic acids is 2. The maximum Gasteiger partial charge on any atom is 0.310 e. The first-order chi connectivity index (χ1) is 16.1. The van der Waals surface area contributed by atoms with Crippen molar-refractivity contribution < 1.29 is 29.3 Å². The van der Waals surface area contributed by atoms with Gasteiger partial charge in [-0.2, -0.15) is 0 Å². The first-order valence-electron chi connectivity index (χ1n) is 12.9. The molecule has 3 fully saturated rings. The molecule has 2 amide bonds. The molecule has 6 atom stereocenters. The monoisotopic (exact) mass is 478 g/mol. The van der Waals surface area contributed by atoms with Gasteiger partial charge in [0.25, 0.3) is 0 Å². The average Bonchev–Trinajstić information content (AvgIpc) is 3.40. The van der Waals surface area contributed by atoms with Crippen molar-refractivity contribution in [2.45, 2.75) is 95.9 Å². The van der Waals surface area contributed by atoms with E-state index in [0.717, 1.165) is 19.3 Å². The van der Waals surface area contributed by atoms with Gasteiger partial charge in [-0.3, -0.25) is 14.4 Å². The van der Waals surface area contributed by atoms with Gasteiger partial charge in [0.15, 0.2) is 0 Å². The summed E-state index contributed by atoms with van der Waals surface area (Å²) in [5.41, 5.74) is -2.11. The lowest BCUT2D eigenvalue weighted by Crippen LogP contribution is -2.59. The average molecular weight is 479 g/mol. The Balaban J connectivity index is 2.10. The van der Waals surface area contributed by atoms with Gasteiger partial charge in [-0.25, -0.2) is 0 Å². The Hall–Kier alpha value is -1.93. The van der Waals surface area contributed by atoms with Crippen molar-refractivity contribution in [2.75, 3.05) is 19.7 Å². The van der Waals surface area contributed by atoms with Crippen molar-refractivity contribution in [1.29, 1.82) is 0 Å². The number of nitrogens with zero attached hydrogens (tertiary/aromatic N) is 2. The number of rotatable bonds is 13. The summed E-state index contributed by atoms with van der Waals surface area (Å²) in [5.74, 6) is -3.38. The molecule has 0 aromatic heterocycles. The second-order valence-electron chi connectivity index (χ2n) is 10.7. The predicted molar refractivity (Wildman–Crippen MR) is 128 cm³/mol. The Morgan fingerprint density at radius 2 is 2.00 bits per heavy atom. The molecule has 8 heteroatoms. The number of aliphatic hydroxyl groups excluding tert-OH is 1. The van der Waals surface area contributed by atoms with Gasteiger partial charge < -0.3 is 24.7 Å². The van der Waals surface area contributed by atoms with Crippen molar-refractivity contribution >= 4 is 17.8 Å². The number of aliphatic hydroxyl groups is 1. The zero-order valence-corrected chi connectivity index (χ0v) is 21.2. The van der Waals surface area contributed by atoms with E-state index in [1.165, 1.54) is 4.90 Å². The SMILES string of the molecule is C=CCN(CCCCC)C(=O)C1N([C@@H](CO)CC(C)C)C(=O)[C@@H]2[C@@H](C(=O)O)[C@@]3(CC)CCC12O3. The standard InChI is InChI=1S/C26H42N2O6/c1-6-9-10-14-27(13-7-2)23(31)21-26-12-11-25(8-3,34-26)20(24(32)33)19(26)22(30)28(21)18(16-29)15-17(4)5/h7,17-21,29H,2,6,8-16H2,1,3-5H3,(H,32,33)/t18-,19+,20+,21?,25-,26?/m1/s1. The lowest BCUT2D eigenvalue weighted by atomic mass is 9.65. The van der Waals surface area contributed by atoms with Gasteiger partial charge in [-0.1, -0.05) is 46.6 Å². The first-order valence-corrected chi connectivity index (χ1v) is 12.9. The highest BCUT2D eigenvalue weighted by Crippen LogP contribution is 2.64. The van der Waals surface area contributed by atoms with E-state index >= 15 is 0 Å². The summed E-state index contributed by atoms with van der Waals surface area (Å²) in [6.45, 7) is 12.4. The van der Waals surface area contributed by atoms with Gasteiger partial charge in [-0.05, 0) is 38.0 Å². The van der Waals surface area contributed by atoms with Gasteiger partial charge in [-0.15, -0.1) is 6.58 Å². The van der Waals surface area contributed by atoms with E-state index in [9.17, 15) is 24.6 Å². The van der Waals surface area contributed by atoms with E-state index in [1.807, 2.05) is 20.8 Å². The van der Waals surface area contributed by atoms with Crippen LogP contribution >= 0.6 is 0 Å². The Kier molecular flexibility index (Phi) is 8.13. The van der Waals surface area contributed by atoms with Crippen LogP contribution in [0.1, 0.15) is 72.6 Å². The topological polar surface area (TPSA) is 107 Å². The summed E-state index contributed by atoms with van der Waals surface area (Å²) in [7, 11) is 0. The van der Waals surface area contributed by atoms with E-state index in [2.05, 4.69) is 13.5 Å². The summed E-state index contributed by atoms with van der Waals surface area (Å²) >= 11 is 0. The second-order valence-corrected chi connectivity index (χ2v) is 10.7. The van der Waals surface area contributed by atoms with Crippen LogP contribution in [-0.2, 0) is 19.1 Å². The number of aliphatic carboxylic acids is 1. The zero-order valence-electron chi connectivity index (χ0n) is 21.2. The molecular formula is C26H42N2O6. The number of hydrogen-bond acceptors (Lipinski definition) is 5. The molecule has 3 heterocycles. The first kappa shape index (κ1) is 26.7. The summed E-state index contributed by atoms with van der Waals surface area (Å²) in [5, 5.41) is 20.5. The maximum absolute atomic E-state index is 14.2. The molecule has 2 bridgehead atoms. The Morgan fingerprint density at radius 1 is 1.29 bits per heavy atom. The van der Waals surface area contributed by atoms with Crippen LogP contribution in [0.15, 0.2) is 12.7 Å². The molecule has 1 spiro atoms. The third-order valence-electron chi connectivity index (χ3n) is 8.16. The number of carboxylic acid groups (broad SMARTS) is 1. The molecular weight excluding hydrogens is 436 g/mol. The third kappa shape index (κ3) is 4.17. The number of carboxylic acids is 1. The van der Waals surface area contributed by atoms with Crippen LogP contribution in [0.3, 0.4) is 0 Å². The minimum Gasteiger partial charge on any atom is -0.481 e. The van der Waals surface area contributed by atoms with Crippen LogP contribution in [-0.4, -0.2) is 80.8 Å². The molecule has 0 aromatic rings. The number of likely N-dealkylation sites (tertiary alicyclic amines) is 1. The molecule has 2 unspecified atom stereocenters. The van der Waals surface area contributed by atoms with Crippen molar-refractivity contribution in [3.05, 3.63) is 12.7 Å². The highest BCUT2D eigenvalue weighted by atomic mass is 16.5. The fraction of sp³-hybridized carbons (Fsp3) is 0.808. The molecule has 3 rings (SSSR count). The quantitative estimate of drug-likeness (QED) is 0.311. The smallest absolute Gasteiger partial charge is 0.310 e. The molecule has 0 saturated carbocycles. The molecule has 0 aromatic carbocycles. The van der Waals surface area contributed by atoms with Crippen molar-refractivity contribution in [3.63, 3.8) is 0 Å². The van der Waals surface area contributed by atoms with Gasteiger partial charge in [0.1, 0.15) is 17.6 Å². The van der Waals surface area contributed by atoms with Crippen LogP contribution in [0.25, 0.3) is 0 Å². The maximum atomic E-state index is 14.2. The molecule has 0 radical (unpaired) electrons. The van der Waals surface area contributed by atoms with Gasteiger partial charge in [0.05, 0.1) is 24.2 Å². The molecule has 192 valence electrons. The normalized spacial score (nSPS) is 32.8. The molecule has 3 aliphatic rings. The summed E-state index contributed by atoms with van der Waals surface area (Å²) in [4.78, 5) is 43.8. The largest absolute Gasteiger partial charge is 0.481 e. The number of ether oxygens (including phenoxy) is 1. The van der Waals surface area contributed by atoms with E-state index in [1.54, 1.807) is 11.0 Å². The Labute approximate surface area is 203 Å². The fourth-order valence-corrected chi connectivity index (χ4v) is 6.70. The third-order valence-corrected chi connectivity index (χ3v) is 8.16. The number of unbranched alkanes of at least 4 members (excludes halogenated alkanes) is 2. The number of amides is 2. The second kappa shape index (κ2) is 10.4. The van der Waals surface area contributed by atoms with Crippen LogP contribution in [0.5, 0.6) is 0 Å². The highest BCUT2D eigenvalue weighted by Gasteiger charge is 2.79. The molecule has 34 heavy (non-hydrogen) atoms. The fourth-order valence-electron chi connectivity index (χ4n) is 6.70. The minimum absolute atomic E-state index is 0.182. The van der Waals surface area contributed by atoms with E-state index in [4.69, 9.17) is 4.74 Å². The highest BCUT2D eigenvalue weighted by molar-refractivity contribution is 5.98. The van der Waals surface area contributed by atoms with E-state index < -0.39 is 41.1 Å². The number of carbonyl (C=O) groups is 3. The Morgan fingerprint density at radius 3 is 2.53 bits per heavy atom. The lowest BCUT2D eigenvalue weighted by Gasteiger charge is -2.40. The lowest BCUT2D eigenvalue weighted by molar-refractivity contribution is -0.160. The molecule has 0 aliphatic carbocycles. The zero-order chi connectivity index (χ0) is 25.3. The van der Waals surface area contributed by atoms with Crippen LogP contribution in [0, 0.1) is 17.8 Å². The molecule has 3 aliphatic heterocycles. The van der Waals surface area contributed by atoms with E-state index in [0.29, 0.717) is 38.8 Å². The van der Waals surface area contributed by atoms with Crippen molar-refractivity contribution in [1.82, 2.24) is 9.80 Å². The van der Waals surface area contributed by atoms with Gasteiger partial charge >= 0.3 is 5.97 Å². The van der Waals surface area contributed by atoms with Crippen LogP contribution in [0.4, 0.5) is 0 Å². The summed E-state index contributed by atoms with van der Waals surface area (Å²) < 4.78 is 6.58. The van der Waals surface area contributed by atoms with Crippen LogP contribution < -0.4 is 0 Å². The molecule has 2 N–H and O–H groups in total. The Bertz CT molecular complexity index is 800. The number of fused-ring (bicyclic) bond motifs is 1. The van der Waals surface area contributed by atoms with Crippen LogP contribution in [0.2, 0.25) is 0 Å². The van der Waals surface area contributed by atoms with Gasteiger partial charge in [0.2, 0.25) is 11.8 Å². The predicted octanol–water partition coefficient (Wildman–Crippen LogP) is 2.84.